The molecule has 0 aromatic heterocycles. The van der Waals surface area contributed by atoms with Gasteiger partial charge >= 0.3 is 17.9 Å². The second-order valence-corrected chi connectivity index (χ2v) is 6.50. The van der Waals surface area contributed by atoms with Gasteiger partial charge in [-0.1, -0.05) is 48.5 Å². The molecule has 0 aliphatic heterocycles. The van der Waals surface area contributed by atoms with Gasteiger partial charge in [-0.3, -0.25) is 4.79 Å². The van der Waals surface area contributed by atoms with E-state index in [1.165, 1.54) is 0 Å². The maximum absolute atomic E-state index is 12.4. The van der Waals surface area contributed by atoms with Gasteiger partial charge in [-0.2, -0.15) is 0 Å². The summed E-state index contributed by atoms with van der Waals surface area (Å²) in [4.78, 5) is 34.6. The predicted molar refractivity (Wildman–Crippen MR) is 96.1 cm³/mol. The maximum Gasteiger partial charge on any atom is 0.337 e. The number of fused-ring (bicyclic) bond motifs is 3. The van der Waals surface area contributed by atoms with E-state index in [9.17, 15) is 19.5 Å². The summed E-state index contributed by atoms with van der Waals surface area (Å²) in [5.41, 5.74) is 7.32. The Morgan fingerprint density at radius 1 is 0.963 bits per heavy atom. The predicted octanol–water partition coefficient (Wildman–Crippen LogP) is 1.99. The average Bonchev–Trinajstić information content (AvgIpc) is 2.98. The van der Waals surface area contributed by atoms with Gasteiger partial charge < -0.3 is 20.7 Å². The number of esters is 1. The maximum atomic E-state index is 12.4. The molecule has 0 heterocycles. The molecule has 0 saturated heterocycles. The zero-order valence-electron chi connectivity index (χ0n) is 14.4. The largest absolute Gasteiger partial charge is 0.481 e. The Labute approximate surface area is 155 Å². The fraction of sp³-hybridized carbons (Fsp3) is 0.250. The van der Waals surface area contributed by atoms with Gasteiger partial charge in [0.1, 0.15) is 6.61 Å². The first kappa shape index (κ1) is 18.6. The Kier molecular flexibility index (Phi) is 4.96. The van der Waals surface area contributed by atoms with Crippen molar-refractivity contribution in [2.24, 2.45) is 5.73 Å². The number of carboxylic acid groups (broad SMARTS) is 2. The van der Waals surface area contributed by atoms with E-state index in [1.54, 1.807) is 0 Å². The van der Waals surface area contributed by atoms with Gasteiger partial charge in [0.05, 0.1) is 0 Å². The highest BCUT2D eigenvalue weighted by molar-refractivity contribution is 6.04. The normalized spacial score (nSPS) is 14.7. The fourth-order valence-corrected chi connectivity index (χ4v) is 3.33. The molecule has 7 nitrogen and oxygen atoms in total. The molecule has 2 aromatic rings. The highest BCUT2D eigenvalue weighted by Gasteiger charge is 2.44. The summed E-state index contributed by atoms with van der Waals surface area (Å²) in [6.07, 6.45) is -1.10. The lowest BCUT2D eigenvalue weighted by Crippen LogP contribution is -2.56. The van der Waals surface area contributed by atoms with Crippen LogP contribution in [0.1, 0.15) is 29.9 Å². The molecule has 0 spiro atoms. The van der Waals surface area contributed by atoms with Crippen LogP contribution < -0.4 is 5.73 Å². The van der Waals surface area contributed by atoms with E-state index in [2.05, 4.69) is 0 Å². The summed E-state index contributed by atoms with van der Waals surface area (Å²) in [6, 6.07) is 15.4. The third kappa shape index (κ3) is 3.41. The number of hydrogen-bond donors (Lipinski definition) is 3. The molecule has 0 fully saturated rings. The average molecular weight is 369 g/mol. The van der Waals surface area contributed by atoms with Crippen molar-refractivity contribution < 1.29 is 29.3 Å². The Hall–Kier alpha value is -3.19. The quantitative estimate of drug-likeness (QED) is 0.503. The second kappa shape index (κ2) is 7.20. The third-order valence-electron chi connectivity index (χ3n) is 4.82. The van der Waals surface area contributed by atoms with Crippen molar-refractivity contribution in [3.05, 3.63) is 59.7 Å². The van der Waals surface area contributed by atoms with Crippen LogP contribution in [-0.2, 0) is 19.1 Å². The Morgan fingerprint density at radius 2 is 1.48 bits per heavy atom. The summed E-state index contributed by atoms with van der Waals surface area (Å²) in [6.45, 7) is -0.0772. The molecular formula is C20H19NO6. The van der Waals surface area contributed by atoms with Gasteiger partial charge in [0.2, 0.25) is 5.54 Å². The van der Waals surface area contributed by atoms with Crippen LogP contribution in [0.25, 0.3) is 11.1 Å². The van der Waals surface area contributed by atoms with E-state index in [0.29, 0.717) is 0 Å². The van der Waals surface area contributed by atoms with Gasteiger partial charge in [-0.05, 0) is 28.7 Å². The highest BCUT2D eigenvalue weighted by Crippen LogP contribution is 2.44. The first-order chi connectivity index (χ1) is 12.8. The minimum absolute atomic E-state index is 0.0772. The fourth-order valence-electron chi connectivity index (χ4n) is 3.33. The first-order valence-corrected chi connectivity index (χ1v) is 8.44. The standard InChI is InChI=1S/C20H19NO6/c21-20(18(24)25,10-9-17(22)23)19(26)27-11-16-14-7-3-1-5-12(14)13-6-2-4-8-15(13)16/h1-8,16H,9-11,21H2,(H,22,23)(H,24,25)/t20-/m1/s1. The van der Waals surface area contributed by atoms with Crippen LogP contribution in [0.3, 0.4) is 0 Å². The van der Waals surface area contributed by atoms with Crippen LogP contribution >= 0.6 is 0 Å². The minimum Gasteiger partial charge on any atom is -0.481 e. The molecule has 2 aromatic carbocycles. The molecule has 1 aliphatic rings. The summed E-state index contributed by atoms with van der Waals surface area (Å²) in [5, 5.41) is 18.1. The SMILES string of the molecule is N[C@](CCC(=O)O)(C(=O)O)C(=O)OCC1c2ccccc2-c2ccccc21. The molecule has 0 unspecified atom stereocenters. The first-order valence-electron chi connectivity index (χ1n) is 8.44. The smallest absolute Gasteiger partial charge is 0.337 e. The Balaban J connectivity index is 1.81. The van der Waals surface area contributed by atoms with Crippen molar-refractivity contribution >= 4 is 17.9 Å². The van der Waals surface area contributed by atoms with Gasteiger partial charge in [0.25, 0.3) is 0 Å². The number of rotatable bonds is 7. The van der Waals surface area contributed by atoms with Crippen LogP contribution in [0.15, 0.2) is 48.5 Å². The van der Waals surface area contributed by atoms with E-state index >= 15 is 0 Å². The zero-order chi connectivity index (χ0) is 19.6. The molecule has 0 bridgehead atoms. The minimum atomic E-state index is -2.39. The number of hydrogen-bond acceptors (Lipinski definition) is 5. The molecule has 140 valence electrons. The molecule has 0 amide bonds. The van der Waals surface area contributed by atoms with Gasteiger partial charge in [-0.25, -0.2) is 9.59 Å². The highest BCUT2D eigenvalue weighted by atomic mass is 16.5. The van der Waals surface area contributed by atoms with Crippen molar-refractivity contribution in [2.75, 3.05) is 6.61 Å². The molecule has 4 N–H and O–H groups in total. The number of carbonyl (C=O) groups excluding carboxylic acids is 1. The monoisotopic (exact) mass is 369 g/mol. The van der Waals surface area contributed by atoms with E-state index in [-0.39, 0.29) is 12.5 Å². The van der Waals surface area contributed by atoms with E-state index in [0.717, 1.165) is 22.3 Å². The number of carboxylic acids is 2. The zero-order valence-corrected chi connectivity index (χ0v) is 14.4. The van der Waals surface area contributed by atoms with Gasteiger partial charge in [0, 0.05) is 12.3 Å². The van der Waals surface area contributed by atoms with Crippen molar-refractivity contribution in [1.29, 1.82) is 0 Å². The van der Waals surface area contributed by atoms with Crippen molar-refractivity contribution in [2.45, 2.75) is 24.3 Å². The van der Waals surface area contributed by atoms with Crippen LogP contribution in [0, 0.1) is 0 Å². The van der Waals surface area contributed by atoms with Crippen molar-refractivity contribution in [3.8, 4) is 11.1 Å². The summed E-state index contributed by atoms with van der Waals surface area (Å²) >= 11 is 0. The summed E-state index contributed by atoms with van der Waals surface area (Å²) in [5.74, 6) is -4.23. The number of nitrogens with two attached hydrogens (primary N) is 1. The van der Waals surface area contributed by atoms with Crippen molar-refractivity contribution in [1.82, 2.24) is 0 Å². The second-order valence-electron chi connectivity index (χ2n) is 6.50. The molecule has 1 aliphatic carbocycles. The molecule has 27 heavy (non-hydrogen) atoms. The summed E-state index contributed by atoms with van der Waals surface area (Å²) in [7, 11) is 0. The van der Waals surface area contributed by atoms with Gasteiger partial charge in [-0.15, -0.1) is 0 Å². The lowest BCUT2D eigenvalue weighted by molar-refractivity contribution is -0.161. The molecule has 3 rings (SSSR count). The molecule has 1 atom stereocenters. The number of benzene rings is 2. The van der Waals surface area contributed by atoms with Gasteiger partial charge in [0.15, 0.2) is 0 Å². The number of aliphatic carboxylic acids is 2. The van der Waals surface area contributed by atoms with Crippen LogP contribution in [-0.4, -0.2) is 40.3 Å². The number of carbonyl (C=O) groups is 3. The van der Waals surface area contributed by atoms with Crippen LogP contribution in [0.5, 0.6) is 0 Å². The lowest BCUT2D eigenvalue weighted by atomic mass is 9.94. The molecule has 0 radical (unpaired) electrons. The molecule has 7 heteroatoms. The van der Waals surface area contributed by atoms with E-state index in [4.69, 9.17) is 15.6 Å². The molecule has 0 saturated carbocycles. The topological polar surface area (TPSA) is 127 Å². The van der Waals surface area contributed by atoms with Crippen LogP contribution in [0.2, 0.25) is 0 Å². The van der Waals surface area contributed by atoms with E-state index in [1.807, 2.05) is 48.5 Å². The Bertz CT molecular complexity index is 863. The summed E-state index contributed by atoms with van der Waals surface area (Å²) < 4.78 is 5.26. The molecular weight excluding hydrogens is 350 g/mol. The Morgan fingerprint density at radius 3 is 1.96 bits per heavy atom. The van der Waals surface area contributed by atoms with E-state index < -0.39 is 36.3 Å². The number of ether oxygens (including phenoxy) is 1. The lowest BCUT2D eigenvalue weighted by Gasteiger charge is -2.23. The van der Waals surface area contributed by atoms with Crippen molar-refractivity contribution in [3.63, 3.8) is 0 Å². The van der Waals surface area contributed by atoms with Crippen LogP contribution in [0.4, 0.5) is 0 Å². The third-order valence-corrected chi connectivity index (χ3v) is 4.82.